The monoisotopic (exact) mass is 305 g/mol. The average molecular weight is 305 g/mol. The number of carbonyl (C=O) groups is 1. The van der Waals surface area contributed by atoms with Crippen LogP contribution in [0.25, 0.3) is 11.1 Å². The largest absolute Gasteiger partial charge is 0.454 e. The Labute approximate surface area is 126 Å². The third-order valence-electron chi connectivity index (χ3n) is 2.97. The standard InChI is InChI=1S/C17H14F3NO/c1-12(11-16(22)17(18,19)20)21-15-10-6-5-9-14(15)13-7-3-2-4-8-13/h2-11,21H,1H3. The smallest absolute Gasteiger partial charge is 0.359 e. The van der Waals surface area contributed by atoms with Gasteiger partial charge in [-0.05, 0) is 18.6 Å². The Morgan fingerprint density at radius 3 is 2.23 bits per heavy atom. The van der Waals surface area contributed by atoms with Gasteiger partial charge in [0.25, 0.3) is 5.78 Å². The van der Waals surface area contributed by atoms with Crippen molar-refractivity contribution in [3.63, 3.8) is 0 Å². The van der Waals surface area contributed by atoms with E-state index in [1.807, 2.05) is 42.5 Å². The minimum Gasteiger partial charge on any atom is -0.359 e. The molecular weight excluding hydrogens is 291 g/mol. The van der Waals surface area contributed by atoms with Gasteiger partial charge >= 0.3 is 6.18 Å². The lowest BCUT2D eigenvalue weighted by Gasteiger charge is -2.13. The highest BCUT2D eigenvalue weighted by Crippen LogP contribution is 2.28. The molecule has 2 nitrogen and oxygen atoms in total. The third-order valence-corrected chi connectivity index (χ3v) is 2.97. The number of benzene rings is 2. The summed E-state index contributed by atoms with van der Waals surface area (Å²) in [5.41, 5.74) is 2.54. The molecule has 0 aliphatic rings. The van der Waals surface area contributed by atoms with Crippen LogP contribution < -0.4 is 5.32 Å². The van der Waals surface area contributed by atoms with E-state index >= 15 is 0 Å². The summed E-state index contributed by atoms with van der Waals surface area (Å²) in [5, 5.41) is 2.85. The number of allylic oxidation sites excluding steroid dienone is 2. The first-order chi connectivity index (χ1) is 10.4. The molecule has 114 valence electrons. The van der Waals surface area contributed by atoms with Gasteiger partial charge in [0.05, 0.1) is 0 Å². The maximum atomic E-state index is 12.3. The lowest BCUT2D eigenvalue weighted by molar-refractivity contribution is -0.165. The van der Waals surface area contributed by atoms with E-state index in [0.717, 1.165) is 11.1 Å². The first-order valence-electron chi connectivity index (χ1n) is 6.59. The zero-order valence-electron chi connectivity index (χ0n) is 11.8. The molecule has 0 saturated carbocycles. The molecule has 2 rings (SSSR count). The van der Waals surface area contributed by atoms with Crippen molar-refractivity contribution in [1.29, 1.82) is 0 Å². The van der Waals surface area contributed by atoms with Crippen LogP contribution in [0.1, 0.15) is 6.92 Å². The fourth-order valence-corrected chi connectivity index (χ4v) is 1.99. The molecule has 0 saturated heterocycles. The number of hydrogen-bond donors (Lipinski definition) is 1. The van der Waals surface area contributed by atoms with Crippen LogP contribution in [-0.4, -0.2) is 12.0 Å². The number of ketones is 1. The zero-order valence-corrected chi connectivity index (χ0v) is 11.8. The maximum Gasteiger partial charge on any atom is 0.454 e. The van der Waals surface area contributed by atoms with Crippen LogP contribution in [-0.2, 0) is 4.79 Å². The third kappa shape index (κ3) is 3.97. The molecule has 0 bridgehead atoms. The van der Waals surface area contributed by atoms with Gasteiger partial charge in [0, 0.05) is 23.0 Å². The predicted molar refractivity (Wildman–Crippen MR) is 80.3 cm³/mol. The van der Waals surface area contributed by atoms with Crippen molar-refractivity contribution in [3.8, 4) is 11.1 Å². The zero-order chi connectivity index (χ0) is 16.2. The molecule has 0 heterocycles. The molecule has 0 amide bonds. The predicted octanol–water partition coefficient (Wildman–Crippen LogP) is 4.80. The fraction of sp³-hybridized carbons (Fsp3) is 0.118. The van der Waals surface area contributed by atoms with E-state index in [0.29, 0.717) is 11.8 Å². The van der Waals surface area contributed by atoms with Gasteiger partial charge in [0.2, 0.25) is 0 Å². The number of halogens is 3. The van der Waals surface area contributed by atoms with Crippen LogP contribution in [0.3, 0.4) is 0 Å². The van der Waals surface area contributed by atoms with Gasteiger partial charge in [0.15, 0.2) is 0 Å². The molecule has 0 atom stereocenters. The summed E-state index contributed by atoms with van der Waals surface area (Å²) in [6.45, 7) is 1.42. The number of para-hydroxylation sites is 1. The molecule has 2 aromatic carbocycles. The van der Waals surface area contributed by atoms with Gasteiger partial charge < -0.3 is 5.32 Å². The van der Waals surface area contributed by atoms with E-state index in [1.54, 1.807) is 12.1 Å². The van der Waals surface area contributed by atoms with Crippen LogP contribution in [0.15, 0.2) is 66.4 Å². The molecule has 1 N–H and O–H groups in total. The van der Waals surface area contributed by atoms with Gasteiger partial charge in [-0.3, -0.25) is 4.79 Å². The van der Waals surface area contributed by atoms with Gasteiger partial charge in [-0.15, -0.1) is 0 Å². The fourth-order valence-electron chi connectivity index (χ4n) is 1.99. The second-order valence-electron chi connectivity index (χ2n) is 4.73. The van der Waals surface area contributed by atoms with Crippen LogP contribution in [0.4, 0.5) is 18.9 Å². The lowest BCUT2D eigenvalue weighted by Crippen LogP contribution is -2.21. The Bertz CT molecular complexity index is 691. The summed E-state index contributed by atoms with van der Waals surface area (Å²) in [5.74, 6) is -1.88. The highest BCUT2D eigenvalue weighted by molar-refractivity contribution is 5.95. The van der Waals surface area contributed by atoms with E-state index in [1.165, 1.54) is 6.92 Å². The molecule has 0 radical (unpaired) electrons. The molecule has 0 aliphatic carbocycles. The van der Waals surface area contributed by atoms with Crippen molar-refractivity contribution in [2.75, 3.05) is 5.32 Å². The first kappa shape index (κ1) is 15.8. The van der Waals surface area contributed by atoms with Crippen molar-refractivity contribution >= 4 is 11.5 Å². The second-order valence-corrected chi connectivity index (χ2v) is 4.73. The molecule has 0 unspecified atom stereocenters. The van der Waals surface area contributed by atoms with Crippen LogP contribution in [0.2, 0.25) is 0 Å². The Kier molecular flexibility index (Phi) is 4.65. The van der Waals surface area contributed by atoms with Crippen molar-refractivity contribution in [1.82, 2.24) is 0 Å². The van der Waals surface area contributed by atoms with E-state index < -0.39 is 12.0 Å². The lowest BCUT2D eigenvalue weighted by atomic mass is 10.0. The van der Waals surface area contributed by atoms with Gasteiger partial charge in [0.1, 0.15) is 0 Å². The van der Waals surface area contributed by atoms with Gasteiger partial charge in [-0.1, -0.05) is 48.5 Å². The van der Waals surface area contributed by atoms with E-state index in [4.69, 9.17) is 0 Å². The number of nitrogens with one attached hydrogen (secondary N) is 1. The molecular formula is C17H14F3NO. The van der Waals surface area contributed by atoms with Crippen molar-refractivity contribution < 1.29 is 18.0 Å². The quantitative estimate of drug-likeness (QED) is 0.822. The van der Waals surface area contributed by atoms with Gasteiger partial charge in [-0.2, -0.15) is 13.2 Å². The Balaban J connectivity index is 2.28. The molecule has 0 fully saturated rings. The van der Waals surface area contributed by atoms with Crippen LogP contribution in [0, 0.1) is 0 Å². The number of alkyl halides is 3. The van der Waals surface area contributed by atoms with E-state index in [2.05, 4.69) is 5.32 Å². The molecule has 0 aliphatic heterocycles. The van der Waals surface area contributed by atoms with Crippen LogP contribution >= 0.6 is 0 Å². The number of anilines is 1. The van der Waals surface area contributed by atoms with Gasteiger partial charge in [-0.25, -0.2) is 0 Å². The second kappa shape index (κ2) is 6.47. The number of rotatable bonds is 4. The summed E-state index contributed by atoms with van der Waals surface area (Å²) < 4.78 is 36.8. The number of carbonyl (C=O) groups excluding carboxylic acids is 1. The van der Waals surface area contributed by atoms with E-state index in [9.17, 15) is 18.0 Å². The summed E-state index contributed by atoms with van der Waals surface area (Å²) in [6, 6.07) is 16.7. The van der Waals surface area contributed by atoms with Crippen molar-refractivity contribution in [2.45, 2.75) is 13.1 Å². The Hall–Kier alpha value is -2.56. The normalized spacial score (nSPS) is 12.1. The van der Waals surface area contributed by atoms with Crippen molar-refractivity contribution in [2.24, 2.45) is 0 Å². The first-order valence-corrected chi connectivity index (χ1v) is 6.59. The summed E-state index contributed by atoms with van der Waals surface area (Å²) in [6.07, 6.45) is -4.30. The van der Waals surface area contributed by atoms with Crippen LogP contribution in [0.5, 0.6) is 0 Å². The molecule has 0 spiro atoms. The molecule has 5 heteroatoms. The molecule has 22 heavy (non-hydrogen) atoms. The minimum atomic E-state index is -4.86. The Morgan fingerprint density at radius 2 is 1.59 bits per heavy atom. The summed E-state index contributed by atoms with van der Waals surface area (Å²) >= 11 is 0. The SMILES string of the molecule is CC(=CC(=O)C(F)(F)F)Nc1ccccc1-c1ccccc1. The highest BCUT2D eigenvalue weighted by Gasteiger charge is 2.36. The average Bonchev–Trinajstić information content (AvgIpc) is 2.47. The summed E-state index contributed by atoms with van der Waals surface area (Å²) in [4.78, 5) is 11.0. The topological polar surface area (TPSA) is 29.1 Å². The number of hydrogen-bond acceptors (Lipinski definition) is 2. The Morgan fingerprint density at radius 1 is 1.00 bits per heavy atom. The highest BCUT2D eigenvalue weighted by atomic mass is 19.4. The summed E-state index contributed by atoms with van der Waals surface area (Å²) in [7, 11) is 0. The molecule has 2 aromatic rings. The molecule has 0 aromatic heterocycles. The minimum absolute atomic E-state index is 0.130. The van der Waals surface area contributed by atoms with E-state index in [-0.39, 0.29) is 5.70 Å². The maximum absolute atomic E-state index is 12.3. The van der Waals surface area contributed by atoms with Crippen molar-refractivity contribution in [3.05, 3.63) is 66.4 Å².